The zero-order valence-corrected chi connectivity index (χ0v) is 24.1. The molecule has 38 heavy (non-hydrogen) atoms. The fourth-order valence-corrected chi connectivity index (χ4v) is 3.96. The number of nitrogens with zero attached hydrogens (tertiary/aromatic N) is 1. The van der Waals surface area contributed by atoms with Crippen LogP contribution < -0.4 is 10.6 Å². The van der Waals surface area contributed by atoms with E-state index in [0.29, 0.717) is 39.0 Å². The Bertz CT molecular complexity index is 842. The number of amides is 4. The van der Waals surface area contributed by atoms with Gasteiger partial charge in [0.1, 0.15) is 6.04 Å². The van der Waals surface area contributed by atoms with Gasteiger partial charge in [0.15, 0.2) is 0 Å². The van der Waals surface area contributed by atoms with Crippen molar-refractivity contribution in [2.24, 2.45) is 11.8 Å². The van der Waals surface area contributed by atoms with E-state index in [-0.39, 0.29) is 61.3 Å². The lowest BCUT2D eigenvalue weighted by Gasteiger charge is -2.30. The van der Waals surface area contributed by atoms with Gasteiger partial charge in [0.2, 0.25) is 23.6 Å². The lowest BCUT2D eigenvalue weighted by molar-refractivity contribution is -0.143. The molecule has 218 valence electrons. The predicted octanol–water partition coefficient (Wildman–Crippen LogP) is 2.26. The SMILES string of the molecule is CCC(C)C(NC(=O)CCC(C)(C)OCCC(C)(C)OCCNC(=O)CCN1C(=O)CC(C)C1=O)C(=O)O. The number of likely N-dealkylation sites (tertiary alicyclic amines) is 1. The van der Waals surface area contributed by atoms with E-state index >= 15 is 0 Å². The van der Waals surface area contributed by atoms with Crippen molar-refractivity contribution in [3.63, 3.8) is 0 Å². The molecule has 0 radical (unpaired) electrons. The van der Waals surface area contributed by atoms with Crippen molar-refractivity contribution in [2.75, 3.05) is 26.3 Å². The molecule has 0 aliphatic carbocycles. The minimum absolute atomic E-state index is 0.0587. The van der Waals surface area contributed by atoms with Crippen molar-refractivity contribution < 1.29 is 38.6 Å². The summed E-state index contributed by atoms with van der Waals surface area (Å²) < 4.78 is 11.9. The Morgan fingerprint density at radius 3 is 2.18 bits per heavy atom. The second-order valence-electron chi connectivity index (χ2n) is 11.3. The summed E-state index contributed by atoms with van der Waals surface area (Å²) in [6, 6.07) is -0.901. The van der Waals surface area contributed by atoms with Crippen LogP contribution in [0.2, 0.25) is 0 Å². The topological polar surface area (TPSA) is 151 Å². The van der Waals surface area contributed by atoms with E-state index in [2.05, 4.69) is 10.6 Å². The Labute approximate surface area is 226 Å². The zero-order valence-electron chi connectivity index (χ0n) is 24.1. The van der Waals surface area contributed by atoms with Crippen LogP contribution in [-0.2, 0) is 33.4 Å². The van der Waals surface area contributed by atoms with Crippen LogP contribution in [0.15, 0.2) is 0 Å². The molecule has 3 atom stereocenters. The Balaban J connectivity index is 2.27. The third-order valence-corrected chi connectivity index (χ3v) is 6.90. The molecular weight excluding hydrogens is 494 g/mol. The number of aliphatic carboxylic acids is 1. The Kier molecular flexibility index (Phi) is 13.4. The van der Waals surface area contributed by atoms with Crippen LogP contribution in [0.25, 0.3) is 0 Å². The lowest BCUT2D eigenvalue weighted by Crippen LogP contribution is -2.45. The van der Waals surface area contributed by atoms with Gasteiger partial charge in [0.25, 0.3) is 0 Å². The maximum Gasteiger partial charge on any atom is 0.326 e. The molecule has 11 nitrogen and oxygen atoms in total. The van der Waals surface area contributed by atoms with Crippen molar-refractivity contribution in [3.05, 3.63) is 0 Å². The summed E-state index contributed by atoms with van der Waals surface area (Å²) in [7, 11) is 0. The fraction of sp³-hybridized carbons (Fsp3) is 0.815. The molecule has 0 saturated carbocycles. The highest BCUT2D eigenvalue weighted by atomic mass is 16.5. The standard InChI is InChI=1S/C27H47N3O8/c1-8-18(2)23(25(35)36)29-21(32)9-11-26(4,5)37-15-12-27(6,7)38-16-13-28-20(31)10-14-30-22(33)17-19(3)24(30)34/h18-19,23H,8-17H2,1-7H3,(H,28,31)(H,29,32)(H,35,36). The number of carboxylic acid groups (broad SMARTS) is 1. The smallest absolute Gasteiger partial charge is 0.326 e. The highest BCUT2D eigenvalue weighted by Crippen LogP contribution is 2.21. The molecule has 1 rings (SSSR count). The first-order valence-electron chi connectivity index (χ1n) is 13.5. The number of hydrogen-bond donors (Lipinski definition) is 3. The predicted molar refractivity (Wildman–Crippen MR) is 141 cm³/mol. The summed E-state index contributed by atoms with van der Waals surface area (Å²) in [5.41, 5.74) is -1.08. The van der Waals surface area contributed by atoms with E-state index < -0.39 is 23.2 Å². The highest BCUT2D eigenvalue weighted by molar-refractivity contribution is 6.03. The summed E-state index contributed by atoms with van der Waals surface area (Å²) in [5, 5.41) is 14.7. The first-order valence-corrected chi connectivity index (χ1v) is 13.5. The van der Waals surface area contributed by atoms with Gasteiger partial charge in [-0.1, -0.05) is 27.2 Å². The fourth-order valence-electron chi connectivity index (χ4n) is 3.96. The first-order chi connectivity index (χ1) is 17.6. The maximum atomic E-state index is 12.3. The molecule has 3 unspecified atom stereocenters. The van der Waals surface area contributed by atoms with Gasteiger partial charge in [-0.15, -0.1) is 0 Å². The van der Waals surface area contributed by atoms with Gasteiger partial charge in [-0.2, -0.15) is 0 Å². The Hall–Kier alpha value is -2.53. The number of rotatable bonds is 18. The van der Waals surface area contributed by atoms with Crippen molar-refractivity contribution in [1.29, 1.82) is 0 Å². The number of hydrogen-bond acceptors (Lipinski definition) is 7. The molecule has 1 heterocycles. The van der Waals surface area contributed by atoms with Crippen molar-refractivity contribution in [3.8, 4) is 0 Å². The van der Waals surface area contributed by atoms with E-state index in [1.54, 1.807) is 13.8 Å². The number of carbonyl (C=O) groups excluding carboxylic acids is 4. The molecule has 11 heteroatoms. The van der Waals surface area contributed by atoms with E-state index in [9.17, 15) is 29.1 Å². The first kappa shape index (κ1) is 33.5. The summed E-state index contributed by atoms with van der Waals surface area (Å²) in [4.78, 5) is 60.6. The molecule has 1 saturated heterocycles. The number of nitrogens with one attached hydrogen (secondary N) is 2. The molecule has 1 aliphatic heterocycles. The van der Waals surface area contributed by atoms with Crippen molar-refractivity contribution in [1.82, 2.24) is 15.5 Å². The molecule has 4 amide bonds. The van der Waals surface area contributed by atoms with Crippen LogP contribution in [-0.4, -0.2) is 83.2 Å². The summed E-state index contributed by atoms with van der Waals surface area (Å²) in [6.45, 7) is 14.1. The average Bonchev–Trinajstić information content (AvgIpc) is 3.07. The van der Waals surface area contributed by atoms with Gasteiger partial charge in [0, 0.05) is 38.3 Å². The number of carbonyl (C=O) groups is 5. The molecule has 1 fully saturated rings. The van der Waals surface area contributed by atoms with Crippen LogP contribution >= 0.6 is 0 Å². The number of carboxylic acids is 1. The van der Waals surface area contributed by atoms with Crippen LogP contribution in [0.3, 0.4) is 0 Å². The third-order valence-electron chi connectivity index (χ3n) is 6.90. The Morgan fingerprint density at radius 2 is 1.63 bits per heavy atom. The molecule has 0 aromatic heterocycles. The molecule has 0 bridgehead atoms. The molecule has 0 aromatic carbocycles. The van der Waals surface area contributed by atoms with Gasteiger partial charge >= 0.3 is 5.97 Å². The maximum absolute atomic E-state index is 12.3. The van der Waals surface area contributed by atoms with Crippen molar-refractivity contribution in [2.45, 2.75) is 104 Å². The van der Waals surface area contributed by atoms with Crippen LogP contribution in [0.4, 0.5) is 0 Å². The van der Waals surface area contributed by atoms with Crippen LogP contribution in [0.1, 0.15) is 87.0 Å². The molecule has 3 N–H and O–H groups in total. The number of imide groups is 1. The second-order valence-corrected chi connectivity index (χ2v) is 11.3. The van der Waals surface area contributed by atoms with Gasteiger partial charge < -0.3 is 25.2 Å². The summed E-state index contributed by atoms with van der Waals surface area (Å²) in [6.07, 6.45) is 2.09. The molecule has 0 spiro atoms. The van der Waals surface area contributed by atoms with Gasteiger partial charge in [0.05, 0.1) is 24.4 Å². The van der Waals surface area contributed by atoms with Gasteiger partial charge in [-0.25, -0.2) is 4.79 Å². The van der Waals surface area contributed by atoms with Crippen LogP contribution in [0.5, 0.6) is 0 Å². The Morgan fingerprint density at radius 1 is 1.03 bits per heavy atom. The minimum Gasteiger partial charge on any atom is -0.480 e. The second kappa shape index (κ2) is 15.2. The minimum atomic E-state index is -1.03. The van der Waals surface area contributed by atoms with E-state index in [0.717, 1.165) is 4.90 Å². The van der Waals surface area contributed by atoms with E-state index in [1.165, 1.54) is 0 Å². The van der Waals surface area contributed by atoms with Gasteiger partial charge in [-0.05, 0) is 46.5 Å². The quantitative estimate of drug-likeness (QED) is 0.177. The van der Waals surface area contributed by atoms with E-state index in [4.69, 9.17) is 9.47 Å². The van der Waals surface area contributed by atoms with Crippen molar-refractivity contribution >= 4 is 29.6 Å². The van der Waals surface area contributed by atoms with E-state index in [1.807, 2.05) is 34.6 Å². The lowest BCUT2D eigenvalue weighted by atomic mass is 9.98. The largest absolute Gasteiger partial charge is 0.480 e. The zero-order chi connectivity index (χ0) is 29.1. The molecular formula is C27H47N3O8. The normalized spacial score (nSPS) is 17.9. The molecule has 1 aliphatic rings. The third kappa shape index (κ3) is 11.9. The monoisotopic (exact) mass is 541 g/mol. The summed E-state index contributed by atoms with van der Waals surface area (Å²) >= 11 is 0. The molecule has 0 aromatic rings. The highest BCUT2D eigenvalue weighted by Gasteiger charge is 2.35. The van der Waals surface area contributed by atoms with Crippen LogP contribution in [0, 0.1) is 11.8 Å². The summed E-state index contributed by atoms with van der Waals surface area (Å²) in [5.74, 6) is -2.53. The average molecular weight is 542 g/mol. The van der Waals surface area contributed by atoms with Gasteiger partial charge in [-0.3, -0.25) is 24.1 Å². The number of ether oxygens (including phenoxy) is 2.